The van der Waals surface area contributed by atoms with Crippen molar-refractivity contribution in [2.75, 3.05) is 20.8 Å². The molecular weight excluding hydrogens is 210 g/mol. The van der Waals surface area contributed by atoms with Crippen LogP contribution in [0.2, 0.25) is 0 Å². The monoisotopic (exact) mass is 229 g/mol. The first kappa shape index (κ1) is 12.6. The lowest BCUT2D eigenvalue weighted by molar-refractivity contribution is -0.123. The maximum absolute atomic E-state index is 5.30. The molecule has 1 rings (SSSR count). The van der Waals surface area contributed by atoms with E-state index in [9.17, 15) is 0 Å². The van der Waals surface area contributed by atoms with E-state index in [-0.39, 0.29) is 12.3 Å². The van der Waals surface area contributed by atoms with Crippen molar-refractivity contribution in [3.05, 3.63) is 21.9 Å². The molecule has 1 N–H and O–H groups in total. The summed E-state index contributed by atoms with van der Waals surface area (Å²) < 4.78 is 10.6. The topological polar surface area (TPSA) is 30.5 Å². The maximum atomic E-state index is 5.30. The molecule has 1 heterocycles. The van der Waals surface area contributed by atoms with E-state index < -0.39 is 0 Å². The van der Waals surface area contributed by atoms with Crippen molar-refractivity contribution in [1.82, 2.24) is 5.32 Å². The molecule has 0 aliphatic rings. The minimum Gasteiger partial charge on any atom is -0.354 e. The summed E-state index contributed by atoms with van der Waals surface area (Å²) in [6.45, 7) is 5.08. The van der Waals surface area contributed by atoms with E-state index in [1.54, 1.807) is 25.6 Å². The Labute approximate surface area is 95.4 Å². The molecule has 0 radical (unpaired) electrons. The van der Waals surface area contributed by atoms with Crippen LogP contribution in [0.15, 0.2) is 12.1 Å². The van der Waals surface area contributed by atoms with Crippen LogP contribution in [0.4, 0.5) is 0 Å². The largest absolute Gasteiger partial charge is 0.354 e. The van der Waals surface area contributed by atoms with E-state index in [1.165, 1.54) is 9.75 Å². The van der Waals surface area contributed by atoms with Gasteiger partial charge >= 0.3 is 0 Å². The molecule has 1 aromatic heterocycles. The number of hydrogen-bond donors (Lipinski definition) is 1. The van der Waals surface area contributed by atoms with E-state index in [0.717, 1.165) is 6.54 Å². The summed E-state index contributed by atoms with van der Waals surface area (Å²) in [7, 11) is 3.33. The van der Waals surface area contributed by atoms with Crippen molar-refractivity contribution in [2.24, 2.45) is 0 Å². The summed E-state index contributed by atoms with van der Waals surface area (Å²) in [5.74, 6) is 0. The van der Waals surface area contributed by atoms with Gasteiger partial charge in [0.15, 0.2) is 6.29 Å². The van der Waals surface area contributed by atoms with Gasteiger partial charge < -0.3 is 14.8 Å². The highest BCUT2D eigenvalue weighted by Gasteiger charge is 2.22. The molecule has 15 heavy (non-hydrogen) atoms. The second-order valence-corrected chi connectivity index (χ2v) is 4.64. The molecule has 0 spiro atoms. The van der Waals surface area contributed by atoms with Crippen molar-refractivity contribution in [2.45, 2.75) is 26.2 Å². The Morgan fingerprint density at radius 3 is 2.40 bits per heavy atom. The number of rotatable bonds is 6. The van der Waals surface area contributed by atoms with Gasteiger partial charge in [-0.2, -0.15) is 0 Å². The quantitative estimate of drug-likeness (QED) is 0.759. The summed E-state index contributed by atoms with van der Waals surface area (Å²) in [5, 5.41) is 3.37. The number of ether oxygens (including phenoxy) is 2. The molecule has 1 unspecified atom stereocenters. The highest BCUT2D eigenvalue weighted by atomic mass is 32.1. The molecule has 3 nitrogen and oxygen atoms in total. The minimum absolute atomic E-state index is 0.115. The fraction of sp³-hybridized carbons (Fsp3) is 0.636. The van der Waals surface area contributed by atoms with Crippen LogP contribution >= 0.6 is 11.3 Å². The zero-order valence-electron chi connectivity index (χ0n) is 9.74. The van der Waals surface area contributed by atoms with Gasteiger partial charge in [0, 0.05) is 24.0 Å². The first-order chi connectivity index (χ1) is 7.22. The molecule has 0 aliphatic carbocycles. The molecule has 0 aromatic carbocycles. The Balaban J connectivity index is 2.81. The van der Waals surface area contributed by atoms with Crippen molar-refractivity contribution in [1.29, 1.82) is 0 Å². The van der Waals surface area contributed by atoms with Crippen molar-refractivity contribution in [3.8, 4) is 0 Å². The minimum atomic E-state index is -0.233. The third-order valence-corrected chi connectivity index (χ3v) is 3.31. The van der Waals surface area contributed by atoms with E-state index in [4.69, 9.17) is 9.47 Å². The van der Waals surface area contributed by atoms with Crippen LogP contribution in [-0.2, 0) is 9.47 Å². The third kappa shape index (κ3) is 3.28. The van der Waals surface area contributed by atoms with Gasteiger partial charge in [-0.15, -0.1) is 11.3 Å². The van der Waals surface area contributed by atoms with Crippen LogP contribution < -0.4 is 5.32 Å². The Hall–Kier alpha value is -0.420. The van der Waals surface area contributed by atoms with Gasteiger partial charge in [-0.1, -0.05) is 6.92 Å². The molecule has 0 saturated heterocycles. The second kappa shape index (κ2) is 6.23. The third-order valence-electron chi connectivity index (χ3n) is 2.23. The van der Waals surface area contributed by atoms with Gasteiger partial charge in [-0.25, -0.2) is 0 Å². The van der Waals surface area contributed by atoms with Crippen molar-refractivity contribution in [3.63, 3.8) is 0 Å². The molecule has 0 bridgehead atoms. The SMILES string of the molecule is CCNC(c1ccc(C)s1)C(OC)OC. The fourth-order valence-corrected chi connectivity index (χ4v) is 2.51. The normalized spacial score (nSPS) is 13.4. The summed E-state index contributed by atoms with van der Waals surface area (Å²) in [6.07, 6.45) is -0.233. The van der Waals surface area contributed by atoms with Crippen molar-refractivity contribution >= 4 is 11.3 Å². The number of nitrogens with one attached hydrogen (secondary N) is 1. The first-order valence-corrected chi connectivity index (χ1v) is 5.89. The summed E-state index contributed by atoms with van der Waals surface area (Å²) in [6, 6.07) is 4.36. The van der Waals surface area contributed by atoms with Crippen LogP contribution in [0.25, 0.3) is 0 Å². The molecular formula is C11H19NO2S. The molecule has 0 aliphatic heterocycles. The van der Waals surface area contributed by atoms with E-state index in [2.05, 4.69) is 31.3 Å². The number of methoxy groups -OCH3 is 2. The second-order valence-electron chi connectivity index (χ2n) is 3.32. The molecule has 86 valence electrons. The lowest BCUT2D eigenvalue weighted by Gasteiger charge is -2.24. The van der Waals surface area contributed by atoms with Crippen LogP contribution in [0.5, 0.6) is 0 Å². The Bertz CT molecular complexity index is 284. The van der Waals surface area contributed by atoms with Gasteiger partial charge in [-0.3, -0.25) is 0 Å². The predicted octanol–water partition coefficient (Wildman–Crippen LogP) is 2.33. The molecule has 1 atom stereocenters. The smallest absolute Gasteiger partial charge is 0.177 e. The Morgan fingerprint density at radius 1 is 1.33 bits per heavy atom. The zero-order chi connectivity index (χ0) is 11.3. The number of likely N-dealkylation sites (N-methyl/N-ethyl adjacent to an activating group) is 1. The zero-order valence-corrected chi connectivity index (χ0v) is 10.6. The highest BCUT2D eigenvalue weighted by Crippen LogP contribution is 2.26. The van der Waals surface area contributed by atoms with Gasteiger partial charge in [0.2, 0.25) is 0 Å². The number of hydrogen-bond acceptors (Lipinski definition) is 4. The van der Waals surface area contributed by atoms with E-state index >= 15 is 0 Å². The van der Waals surface area contributed by atoms with Gasteiger partial charge in [-0.05, 0) is 25.6 Å². The summed E-state index contributed by atoms with van der Waals surface area (Å²) in [4.78, 5) is 2.56. The van der Waals surface area contributed by atoms with Crippen LogP contribution in [0.1, 0.15) is 22.7 Å². The average molecular weight is 229 g/mol. The van der Waals surface area contributed by atoms with Crippen LogP contribution in [0, 0.1) is 6.92 Å². The number of aryl methyl sites for hydroxylation is 1. The van der Waals surface area contributed by atoms with Crippen LogP contribution in [0.3, 0.4) is 0 Å². The van der Waals surface area contributed by atoms with Crippen LogP contribution in [-0.4, -0.2) is 27.1 Å². The molecule has 1 aromatic rings. The lowest BCUT2D eigenvalue weighted by atomic mass is 10.2. The van der Waals surface area contributed by atoms with Crippen molar-refractivity contribution < 1.29 is 9.47 Å². The Morgan fingerprint density at radius 2 is 2.00 bits per heavy atom. The molecule has 0 amide bonds. The first-order valence-electron chi connectivity index (χ1n) is 5.08. The fourth-order valence-electron chi connectivity index (χ4n) is 1.54. The van der Waals surface area contributed by atoms with Gasteiger partial charge in [0.05, 0.1) is 6.04 Å². The number of thiophene rings is 1. The van der Waals surface area contributed by atoms with Gasteiger partial charge in [0.1, 0.15) is 0 Å². The molecule has 0 fully saturated rings. The van der Waals surface area contributed by atoms with E-state index in [0.29, 0.717) is 0 Å². The van der Waals surface area contributed by atoms with Gasteiger partial charge in [0.25, 0.3) is 0 Å². The molecule has 4 heteroatoms. The average Bonchev–Trinajstić information content (AvgIpc) is 2.65. The highest BCUT2D eigenvalue weighted by molar-refractivity contribution is 7.12. The standard InChI is InChI=1S/C11H19NO2S/c1-5-12-10(11(13-3)14-4)9-7-6-8(2)15-9/h6-7,10-12H,5H2,1-4H3. The summed E-state index contributed by atoms with van der Waals surface area (Å²) in [5.41, 5.74) is 0. The maximum Gasteiger partial charge on any atom is 0.177 e. The molecule has 0 saturated carbocycles. The summed E-state index contributed by atoms with van der Waals surface area (Å²) >= 11 is 1.77. The predicted molar refractivity (Wildman–Crippen MR) is 63.3 cm³/mol. The lowest BCUT2D eigenvalue weighted by Crippen LogP contribution is -2.33. The van der Waals surface area contributed by atoms with E-state index in [1.807, 2.05) is 0 Å². The Kier molecular flexibility index (Phi) is 5.25.